The average Bonchev–Trinajstić information content (AvgIpc) is 2.52. The molecule has 0 amide bonds. The predicted molar refractivity (Wildman–Crippen MR) is 102 cm³/mol. The van der Waals surface area contributed by atoms with Crippen molar-refractivity contribution in [2.45, 2.75) is 51.5 Å². The summed E-state index contributed by atoms with van der Waals surface area (Å²) in [6.45, 7) is 10.0. The lowest BCUT2D eigenvalue weighted by atomic mass is 10.2. The standard InChI is InChI=1S/C19H30N2O3Si/c1-16-13-21-14-17(2)23-25(22-16,24-18(3)15-21)11-7-10-20-12-19-8-5-4-6-9-19/h4-6,8-9,12,16-18H,7,10-11,13-15H2,1-3H3/b20-12-. The van der Waals surface area contributed by atoms with Crippen molar-refractivity contribution >= 4 is 15.0 Å². The van der Waals surface area contributed by atoms with Crippen LogP contribution >= 0.6 is 0 Å². The zero-order chi connectivity index (χ0) is 17.7. The SMILES string of the molecule is CC1CN2CC(C)O[Si](CCC/N=C\c3ccccc3)(O1)OC(C)C2. The van der Waals surface area contributed by atoms with E-state index in [0.717, 1.165) is 44.2 Å². The molecule has 0 aliphatic carbocycles. The minimum atomic E-state index is -2.65. The van der Waals surface area contributed by atoms with Crippen LogP contribution in [0.2, 0.25) is 6.04 Å². The van der Waals surface area contributed by atoms with Crippen molar-refractivity contribution in [3.8, 4) is 0 Å². The quantitative estimate of drug-likeness (QED) is 0.459. The van der Waals surface area contributed by atoms with Gasteiger partial charge in [0.2, 0.25) is 0 Å². The van der Waals surface area contributed by atoms with Gasteiger partial charge in [0.1, 0.15) is 0 Å². The second-order valence-corrected chi connectivity index (χ2v) is 9.81. The summed E-state index contributed by atoms with van der Waals surface area (Å²) >= 11 is 0. The van der Waals surface area contributed by atoms with Gasteiger partial charge in [0.15, 0.2) is 0 Å². The molecule has 5 nitrogen and oxygen atoms in total. The second-order valence-electron chi connectivity index (χ2n) is 7.24. The van der Waals surface area contributed by atoms with Crippen LogP contribution in [0.1, 0.15) is 32.8 Å². The minimum absolute atomic E-state index is 0.152. The van der Waals surface area contributed by atoms with Gasteiger partial charge in [-0.3, -0.25) is 9.89 Å². The van der Waals surface area contributed by atoms with E-state index in [4.69, 9.17) is 13.3 Å². The summed E-state index contributed by atoms with van der Waals surface area (Å²) in [5.74, 6) is 0. The Bertz CT molecular complexity index is 533. The first-order chi connectivity index (χ1) is 12.0. The van der Waals surface area contributed by atoms with Gasteiger partial charge < -0.3 is 13.3 Å². The highest BCUT2D eigenvalue weighted by atomic mass is 28.4. The van der Waals surface area contributed by atoms with Crippen LogP contribution < -0.4 is 0 Å². The van der Waals surface area contributed by atoms with E-state index < -0.39 is 8.80 Å². The molecule has 138 valence electrons. The van der Waals surface area contributed by atoms with Crippen LogP contribution in [0, 0.1) is 0 Å². The molecule has 0 radical (unpaired) electrons. The minimum Gasteiger partial charge on any atom is -0.369 e. The molecule has 3 saturated heterocycles. The number of hydrogen-bond acceptors (Lipinski definition) is 5. The van der Waals surface area contributed by atoms with Crippen molar-refractivity contribution in [2.75, 3.05) is 26.2 Å². The zero-order valence-electron chi connectivity index (χ0n) is 15.6. The van der Waals surface area contributed by atoms with E-state index in [1.807, 2.05) is 24.4 Å². The first-order valence-electron chi connectivity index (χ1n) is 9.35. The maximum Gasteiger partial charge on any atom is 0.501 e. The first-order valence-corrected chi connectivity index (χ1v) is 11.3. The number of fused-ring (bicyclic) bond motifs is 6. The summed E-state index contributed by atoms with van der Waals surface area (Å²) in [7, 11) is -2.65. The molecule has 0 spiro atoms. The van der Waals surface area contributed by atoms with Crippen molar-refractivity contribution in [2.24, 2.45) is 4.99 Å². The Balaban J connectivity index is 1.60. The average molecular weight is 363 g/mol. The fourth-order valence-corrected chi connectivity index (χ4v) is 6.88. The Hall–Kier alpha value is -1.05. The normalized spacial score (nSPS) is 36.1. The lowest BCUT2D eigenvalue weighted by Gasteiger charge is -2.45. The highest BCUT2D eigenvalue weighted by molar-refractivity contribution is 6.60. The summed E-state index contributed by atoms with van der Waals surface area (Å²) in [5.41, 5.74) is 1.13. The molecule has 4 rings (SSSR count). The van der Waals surface area contributed by atoms with Crippen LogP contribution in [-0.2, 0) is 13.3 Å². The van der Waals surface area contributed by atoms with Crippen molar-refractivity contribution in [1.82, 2.24) is 4.90 Å². The third-order valence-corrected chi connectivity index (χ3v) is 7.75. The van der Waals surface area contributed by atoms with Crippen LogP contribution in [-0.4, -0.2) is 64.4 Å². The molecule has 3 heterocycles. The van der Waals surface area contributed by atoms with Gasteiger partial charge in [-0.05, 0) is 32.8 Å². The van der Waals surface area contributed by atoms with Gasteiger partial charge in [-0.2, -0.15) is 0 Å². The van der Waals surface area contributed by atoms with E-state index in [9.17, 15) is 0 Å². The molecular weight excluding hydrogens is 332 g/mol. The summed E-state index contributed by atoms with van der Waals surface area (Å²) in [4.78, 5) is 6.94. The van der Waals surface area contributed by atoms with E-state index >= 15 is 0 Å². The second kappa shape index (κ2) is 8.55. The maximum absolute atomic E-state index is 6.36. The molecule has 0 aromatic heterocycles. The van der Waals surface area contributed by atoms with Crippen molar-refractivity contribution < 1.29 is 13.3 Å². The molecule has 0 saturated carbocycles. The van der Waals surface area contributed by atoms with Gasteiger partial charge in [0.25, 0.3) is 0 Å². The molecule has 0 N–H and O–H groups in total. The van der Waals surface area contributed by atoms with Gasteiger partial charge in [-0.1, -0.05) is 30.3 Å². The molecule has 3 aliphatic heterocycles. The van der Waals surface area contributed by atoms with E-state index in [0.29, 0.717) is 0 Å². The zero-order valence-corrected chi connectivity index (χ0v) is 16.6. The Morgan fingerprint density at radius 2 is 1.56 bits per heavy atom. The third-order valence-electron chi connectivity index (χ3n) is 4.50. The fraction of sp³-hybridized carbons (Fsp3) is 0.632. The molecule has 6 heteroatoms. The smallest absolute Gasteiger partial charge is 0.369 e. The van der Waals surface area contributed by atoms with Gasteiger partial charge in [-0.25, -0.2) is 0 Å². The molecule has 3 unspecified atom stereocenters. The Labute approximate surface area is 152 Å². The number of rotatable bonds is 5. The van der Waals surface area contributed by atoms with Crippen LogP contribution in [0.3, 0.4) is 0 Å². The van der Waals surface area contributed by atoms with Gasteiger partial charge in [0, 0.05) is 38.4 Å². The topological polar surface area (TPSA) is 43.3 Å². The van der Waals surface area contributed by atoms with Crippen molar-refractivity contribution in [1.29, 1.82) is 0 Å². The molecule has 1 aromatic carbocycles. The predicted octanol–water partition coefficient (Wildman–Crippen LogP) is 2.98. The van der Waals surface area contributed by atoms with Gasteiger partial charge in [-0.15, -0.1) is 0 Å². The number of hydrogen-bond donors (Lipinski definition) is 0. The molecule has 25 heavy (non-hydrogen) atoms. The first kappa shape index (κ1) is 18.7. The Morgan fingerprint density at radius 3 is 2.12 bits per heavy atom. The lowest BCUT2D eigenvalue weighted by Crippen LogP contribution is -2.61. The van der Waals surface area contributed by atoms with Crippen LogP contribution in [0.15, 0.2) is 35.3 Å². The monoisotopic (exact) mass is 362 g/mol. The van der Waals surface area contributed by atoms with Crippen LogP contribution in [0.4, 0.5) is 0 Å². The lowest BCUT2D eigenvalue weighted by molar-refractivity contribution is -0.0789. The van der Waals surface area contributed by atoms with Crippen molar-refractivity contribution in [3.05, 3.63) is 35.9 Å². The number of nitrogens with zero attached hydrogens (tertiary/aromatic N) is 2. The molecular formula is C19H30N2O3Si. The van der Waals surface area contributed by atoms with E-state index in [-0.39, 0.29) is 18.3 Å². The molecule has 3 aliphatic rings. The van der Waals surface area contributed by atoms with E-state index in [1.54, 1.807) is 0 Å². The van der Waals surface area contributed by atoms with Crippen LogP contribution in [0.5, 0.6) is 0 Å². The fourth-order valence-electron chi connectivity index (χ4n) is 3.70. The number of aliphatic imine (C=N–C) groups is 1. The summed E-state index contributed by atoms with van der Waals surface area (Å²) < 4.78 is 19.1. The summed E-state index contributed by atoms with van der Waals surface area (Å²) in [5, 5.41) is 0. The summed E-state index contributed by atoms with van der Waals surface area (Å²) in [6.07, 6.45) is 3.31. The van der Waals surface area contributed by atoms with Crippen molar-refractivity contribution in [3.63, 3.8) is 0 Å². The Kier molecular flexibility index (Phi) is 6.41. The van der Waals surface area contributed by atoms with Gasteiger partial charge >= 0.3 is 8.80 Å². The van der Waals surface area contributed by atoms with Gasteiger partial charge in [0.05, 0.1) is 18.3 Å². The molecule has 3 fully saturated rings. The highest BCUT2D eigenvalue weighted by Crippen LogP contribution is 2.28. The molecule has 2 bridgehead atoms. The third kappa shape index (κ3) is 5.46. The van der Waals surface area contributed by atoms with E-state index in [2.05, 4.69) is 42.8 Å². The maximum atomic E-state index is 6.36. The largest absolute Gasteiger partial charge is 0.501 e. The number of benzene rings is 1. The molecule has 1 aromatic rings. The Morgan fingerprint density at radius 1 is 1.00 bits per heavy atom. The highest BCUT2D eigenvalue weighted by Gasteiger charge is 2.48. The van der Waals surface area contributed by atoms with E-state index in [1.165, 1.54) is 0 Å². The van der Waals surface area contributed by atoms with Crippen LogP contribution in [0.25, 0.3) is 0 Å². The molecule has 3 atom stereocenters. The summed E-state index contributed by atoms with van der Waals surface area (Å²) in [6, 6.07) is 11.0.